The molecular formula is C16H21BrO. The number of benzene rings is 1. The van der Waals surface area contributed by atoms with Gasteiger partial charge in [-0.1, -0.05) is 54.2 Å². The van der Waals surface area contributed by atoms with Crippen molar-refractivity contribution in [2.24, 2.45) is 11.8 Å². The highest BCUT2D eigenvalue weighted by Crippen LogP contribution is 2.33. The second kappa shape index (κ2) is 6.51. The van der Waals surface area contributed by atoms with E-state index in [2.05, 4.69) is 22.9 Å². The van der Waals surface area contributed by atoms with Gasteiger partial charge < -0.3 is 0 Å². The summed E-state index contributed by atoms with van der Waals surface area (Å²) in [6, 6.07) is 8.12. The quantitative estimate of drug-likeness (QED) is 0.782. The van der Waals surface area contributed by atoms with Crippen LogP contribution in [0.4, 0.5) is 0 Å². The summed E-state index contributed by atoms with van der Waals surface area (Å²) >= 11 is 3.42. The van der Waals surface area contributed by atoms with Crippen LogP contribution in [0.15, 0.2) is 28.7 Å². The predicted molar refractivity (Wildman–Crippen MR) is 78.6 cm³/mol. The van der Waals surface area contributed by atoms with Gasteiger partial charge in [0.05, 0.1) is 0 Å². The lowest BCUT2D eigenvalue weighted by atomic mass is 9.74. The largest absolute Gasteiger partial charge is 0.299 e. The molecule has 1 aromatic carbocycles. The first-order chi connectivity index (χ1) is 8.70. The Morgan fingerprint density at radius 1 is 1.22 bits per heavy atom. The highest BCUT2D eigenvalue weighted by molar-refractivity contribution is 9.10. The first kappa shape index (κ1) is 13.8. The van der Waals surface area contributed by atoms with Crippen LogP contribution in [0.5, 0.6) is 0 Å². The molecule has 1 fully saturated rings. The average molecular weight is 309 g/mol. The number of hydrogen-bond acceptors (Lipinski definition) is 1. The maximum absolute atomic E-state index is 12.4. The van der Waals surface area contributed by atoms with E-state index in [9.17, 15) is 4.79 Å². The number of rotatable bonds is 4. The fourth-order valence-electron chi connectivity index (χ4n) is 3.05. The van der Waals surface area contributed by atoms with Gasteiger partial charge in [0.25, 0.3) is 0 Å². The predicted octanol–water partition coefficient (Wildman–Crippen LogP) is 4.78. The molecule has 1 aliphatic rings. The minimum atomic E-state index is 0.312. The van der Waals surface area contributed by atoms with Crippen molar-refractivity contribution >= 4 is 21.7 Å². The molecule has 0 radical (unpaired) electrons. The fourth-order valence-corrected chi connectivity index (χ4v) is 3.32. The molecule has 1 saturated carbocycles. The van der Waals surface area contributed by atoms with E-state index in [1.54, 1.807) is 0 Å². The number of hydrogen-bond donors (Lipinski definition) is 0. The van der Waals surface area contributed by atoms with Gasteiger partial charge in [-0.25, -0.2) is 0 Å². The minimum absolute atomic E-state index is 0.312. The van der Waals surface area contributed by atoms with E-state index in [0.29, 0.717) is 24.0 Å². The number of ketones is 1. The Morgan fingerprint density at radius 3 is 2.56 bits per heavy atom. The zero-order valence-electron chi connectivity index (χ0n) is 11.0. The van der Waals surface area contributed by atoms with Crippen LogP contribution in [-0.4, -0.2) is 5.78 Å². The molecule has 0 heterocycles. The average Bonchev–Trinajstić information content (AvgIpc) is 2.41. The minimum Gasteiger partial charge on any atom is -0.299 e. The van der Waals surface area contributed by atoms with Crippen molar-refractivity contribution in [2.75, 3.05) is 0 Å². The highest BCUT2D eigenvalue weighted by Gasteiger charge is 2.29. The van der Waals surface area contributed by atoms with Crippen molar-refractivity contribution in [1.82, 2.24) is 0 Å². The van der Waals surface area contributed by atoms with E-state index >= 15 is 0 Å². The van der Waals surface area contributed by atoms with Crippen molar-refractivity contribution in [1.29, 1.82) is 0 Å². The maximum Gasteiger partial charge on any atom is 0.140 e. The van der Waals surface area contributed by atoms with E-state index in [4.69, 9.17) is 0 Å². The van der Waals surface area contributed by atoms with Crippen LogP contribution in [0, 0.1) is 11.8 Å². The van der Waals surface area contributed by atoms with Crippen LogP contribution in [0.3, 0.4) is 0 Å². The first-order valence-corrected chi connectivity index (χ1v) is 7.77. The molecule has 0 saturated heterocycles. The first-order valence-electron chi connectivity index (χ1n) is 6.98. The van der Waals surface area contributed by atoms with Crippen molar-refractivity contribution in [3.05, 3.63) is 34.3 Å². The fraction of sp³-hybridized carbons (Fsp3) is 0.562. The molecule has 98 valence electrons. The van der Waals surface area contributed by atoms with Gasteiger partial charge in [-0.3, -0.25) is 4.79 Å². The van der Waals surface area contributed by atoms with Gasteiger partial charge in [0.15, 0.2) is 0 Å². The van der Waals surface area contributed by atoms with Gasteiger partial charge >= 0.3 is 0 Å². The van der Waals surface area contributed by atoms with Crippen LogP contribution in [-0.2, 0) is 11.2 Å². The lowest BCUT2D eigenvalue weighted by Crippen LogP contribution is -2.28. The normalized spacial score (nSPS) is 23.9. The van der Waals surface area contributed by atoms with E-state index < -0.39 is 0 Å². The smallest absolute Gasteiger partial charge is 0.140 e. The van der Waals surface area contributed by atoms with Crippen LogP contribution >= 0.6 is 15.9 Å². The molecular weight excluding hydrogens is 288 g/mol. The van der Waals surface area contributed by atoms with Crippen molar-refractivity contribution in [3.63, 3.8) is 0 Å². The SMILES string of the molecule is CCC1CCCCC1C(=O)Cc1ccc(Br)cc1. The summed E-state index contributed by atoms with van der Waals surface area (Å²) < 4.78 is 1.07. The Bertz CT molecular complexity index is 396. The molecule has 2 atom stereocenters. The third kappa shape index (κ3) is 3.44. The summed E-state index contributed by atoms with van der Waals surface area (Å²) in [6.07, 6.45) is 6.64. The Kier molecular flexibility index (Phi) is 4.99. The molecule has 2 rings (SSSR count). The molecule has 0 N–H and O–H groups in total. The molecule has 2 heteroatoms. The zero-order valence-corrected chi connectivity index (χ0v) is 12.6. The molecule has 0 amide bonds. The molecule has 1 aliphatic carbocycles. The van der Waals surface area contributed by atoms with E-state index in [-0.39, 0.29) is 0 Å². The highest BCUT2D eigenvalue weighted by atomic mass is 79.9. The lowest BCUT2D eigenvalue weighted by Gasteiger charge is -2.29. The second-order valence-corrected chi connectivity index (χ2v) is 6.24. The van der Waals surface area contributed by atoms with Gasteiger partial charge in [0, 0.05) is 16.8 Å². The van der Waals surface area contributed by atoms with Crippen LogP contribution in [0.25, 0.3) is 0 Å². The Labute approximate surface area is 118 Å². The summed E-state index contributed by atoms with van der Waals surface area (Å²) in [5.41, 5.74) is 1.14. The van der Waals surface area contributed by atoms with Gasteiger partial charge in [0.1, 0.15) is 5.78 Å². The number of carbonyl (C=O) groups excluding carboxylic acids is 1. The molecule has 0 bridgehead atoms. The number of halogens is 1. The maximum atomic E-state index is 12.4. The second-order valence-electron chi connectivity index (χ2n) is 5.33. The molecule has 1 nitrogen and oxygen atoms in total. The number of carbonyl (C=O) groups is 1. The van der Waals surface area contributed by atoms with Crippen LogP contribution in [0.2, 0.25) is 0 Å². The standard InChI is InChI=1S/C16H21BrO/c1-2-13-5-3-4-6-15(13)16(18)11-12-7-9-14(17)10-8-12/h7-10,13,15H,2-6,11H2,1H3. The third-order valence-corrected chi connectivity index (χ3v) is 4.67. The Balaban J connectivity index is 2.00. The van der Waals surface area contributed by atoms with Crippen molar-refractivity contribution in [3.8, 4) is 0 Å². The topological polar surface area (TPSA) is 17.1 Å². The molecule has 0 aromatic heterocycles. The molecule has 2 unspecified atom stereocenters. The van der Waals surface area contributed by atoms with Crippen LogP contribution in [0.1, 0.15) is 44.6 Å². The van der Waals surface area contributed by atoms with Gasteiger partial charge in [-0.2, -0.15) is 0 Å². The Morgan fingerprint density at radius 2 is 1.89 bits per heavy atom. The van der Waals surface area contributed by atoms with E-state index in [1.807, 2.05) is 24.3 Å². The molecule has 18 heavy (non-hydrogen) atoms. The van der Waals surface area contributed by atoms with Gasteiger partial charge in [-0.15, -0.1) is 0 Å². The molecule has 1 aromatic rings. The lowest BCUT2D eigenvalue weighted by molar-refractivity contribution is -0.125. The summed E-state index contributed by atoms with van der Waals surface area (Å²) in [7, 11) is 0. The summed E-state index contributed by atoms with van der Waals surface area (Å²) in [4.78, 5) is 12.4. The van der Waals surface area contributed by atoms with Gasteiger partial charge in [-0.05, 0) is 36.5 Å². The van der Waals surface area contributed by atoms with Crippen molar-refractivity contribution in [2.45, 2.75) is 45.4 Å². The third-order valence-electron chi connectivity index (χ3n) is 4.14. The summed E-state index contributed by atoms with van der Waals surface area (Å²) in [6.45, 7) is 2.22. The Hall–Kier alpha value is -0.630. The van der Waals surface area contributed by atoms with Crippen LogP contribution < -0.4 is 0 Å². The van der Waals surface area contributed by atoms with Gasteiger partial charge in [0.2, 0.25) is 0 Å². The summed E-state index contributed by atoms with van der Waals surface area (Å²) in [5.74, 6) is 1.39. The van der Waals surface area contributed by atoms with Crippen molar-refractivity contribution < 1.29 is 4.79 Å². The zero-order chi connectivity index (χ0) is 13.0. The molecule has 0 aliphatic heterocycles. The van der Waals surface area contributed by atoms with E-state index in [0.717, 1.165) is 22.9 Å². The van der Waals surface area contributed by atoms with E-state index in [1.165, 1.54) is 19.3 Å². The number of Topliss-reactive ketones (excluding diaryl/α,β-unsaturated/α-hetero) is 1. The monoisotopic (exact) mass is 308 g/mol. The molecule has 0 spiro atoms. The summed E-state index contributed by atoms with van der Waals surface area (Å²) in [5, 5.41) is 0.